The van der Waals surface area contributed by atoms with Gasteiger partial charge in [0.15, 0.2) is 0 Å². The monoisotopic (exact) mass is 569 g/mol. The minimum absolute atomic E-state index is 0.0689. The van der Waals surface area contributed by atoms with Crippen LogP contribution in [-0.4, -0.2) is 16.4 Å². The molecular formula is C38H23N3OS. The lowest BCUT2D eigenvalue weighted by molar-refractivity contribution is 0.669. The minimum Gasteiger partial charge on any atom is -0.456 e. The molecule has 0 amide bonds. The van der Waals surface area contributed by atoms with Gasteiger partial charge >= 0.3 is 0 Å². The van der Waals surface area contributed by atoms with E-state index in [1.54, 1.807) is 0 Å². The van der Waals surface area contributed by atoms with Gasteiger partial charge in [0.2, 0.25) is 0 Å². The van der Waals surface area contributed by atoms with E-state index in [0.29, 0.717) is 0 Å². The van der Waals surface area contributed by atoms with Crippen LogP contribution in [0, 0.1) is 0 Å². The van der Waals surface area contributed by atoms with Crippen LogP contribution in [0.15, 0.2) is 131 Å². The molecule has 0 saturated carbocycles. The van der Waals surface area contributed by atoms with Crippen LogP contribution in [0.25, 0.3) is 80.7 Å². The standard InChI is InChI=1S/C38H23N3OS/c1-21-27-20-33-36(26-9-2-6-12-32(26)42-33)37-28-18-22(23-14-16-25-24-8-3-7-13-34(24)43-35(25)19-23)15-17-31(28)41(38(27)37)40-30-11-5-4-10-29(30)39-21/h2-20,30,40H,1H2/b39-29-. The van der Waals surface area contributed by atoms with Crippen molar-refractivity contribution in [2.45, 2.75) is 6.04 Å². The topological polar surface area (TPSA) is 42.5 Å². The van der Waals surface area contributed by atoms with Crippen molar-refractivity contribution in [3.63, 3.8) is 0 Å². The molecule has 1 aliphatic carbocycles. The summed E-state index contributed by atoms with van der Waals surface area (Å²) >= 11 is 1.85. The first-order valence-electron chi connectivity index (χ1n) is 14.4. The van der Waals surface area contributed by atoms with Crippen molar-refractivity contribution >= 4 is 86.7 Å². The highest BCUT2D eigenvalue weighted by Crippen LogP contribution is 2.45. The molecule has 10 rings (SSSR count). The van der Waals surface area contributed by atoms with Gasteiger partial charge < -0.3 is 9.84 Å². The average Bonchev–Trinajstić information content (AvgIpc) is 3.69. The second-order valence-electron chi connectivity index (χ2n) is 11.3. The number of thiophene rings is 1. The number of allylic oxidation sites excluding steroid dienone is 2. The molecule has 1 unspecified atom stereocenters. The Kier molecular flexibility index (Phi) is 4.50. The van der Waals surface area contributed by atoms with E-state index in [1.165, 1.54) is 36.7 Å². The van der Waals surface area contributed by atoms with E-state index in [4.69, 9.17) is 9.41 Å². The molecule has 0 bridgehead atoms. The molecule has 1 aliphatic heterocycles. The summed E-state index contributed by atoms with van der Waals surface area (Å²) in [6, 6.07) is 32.7. The lowest BCUT2D eigenvalue weighted by atomic mass is 9.98. The number of aromatic nitrogens is 1. The van der Waals surface area contributed by atoms with Crippen molar-refractivity contribution < 1.29 is 4.42 Å². The molecule has 43 heavy (non-hydrogen) atoms. The van der Waals surface area contributed by atoms with E-state index >= 15 is 0 Å². The Morgan fingerprint density at radius 2 is 1.56 bits per heavy atom. The van der Waals surface area contributed by atoms with E-state index in [9.17, 15) is 0 Å². The summed E-state index contributed by atoms with van der Waals surface area (Å²) in [4.78, 5) is 4.99. The van der Waals surface area contributed by atoms with Crippen LogP contribution in [-0.2, 0) is 0 Å². The number of aliphatic imine (C=N–C) groups is 1. The number of furan rings is 1. The second kappa shape index (κ2) is 8.34. The van der Waals surface area contributed by atoms with Gasteiger partial charge in [-0.3, -0.25) is 9.67 Å². The quantitative estimate of drug-likeness (QED) is 0.214. The van der Waals surface area contributed by atoms with Gasteiger partial charge in [-0.25, -0.2) is 0 Å². The third-order valence-electron chi connectivity index (χ3n) is 8.93. The van der Waals surface area contributed by atoms with E-state index in [0.717, 1.165) is 55.3 Å². The Morgan fingerprint density at radius 3 is 2.51 bits per heavy atom. The van der Waals surface area contributed by atoms with Crippen LogP contribution in [0.4, 0.5) is 0 Å². The number of nitrogens with one attached hydrogen (secondary N) is 1. The second-order valence-corrected chi connectivity index (χ2v) is 12.4. The van der Waals surface area contributed by atoms with E-state index < -0.39 is 0 Å². The summed E-state index contributed by atoms with van der Waals surface area (Å²) in [6.07, 6.45) is 8.30. The van der Waals surface area contributed by atoms with E-state index in [2.05, 4.69) is 114 Å². The van der Waals surface area contributed by atoms with E-state index in [-0.39, 0.29) is 6.04 Å². The fraction of sp³-hybridized carbons (Fsp3) is 0.0263. The zero-order valence-corrected chi connectivity index (χ0v) is 23.8. The molecule has 0 radical (unpaired) electrons. The van der Waals surface area contributed by atoms with E-state index in [1.807, 2.05) is 29.5 Å². The van der Waals surface area contributed by atoms with Gasteiger partial charge in [0.1, 0.15) is 17.2 Å². The fourth-order valence-corrected chi connectivity index (χ4v) is 8.11. The molecule has 1 N–H and O–H groups in total. The van der Waals surface area contributed by atoms with Gasteiger partial charge in [-0.05, 0) is 53.6 Å². The van der Waals surface area contributed by atoms with Crippen molar-refractivity contribution in [3.8, 4) is 11.1 Å². The van der Waals surface area contributed by atoms with Crippen molar-refractivity contribution in [1.29, 1.82) is 0 Å². The van der Waals surface area contributed by atoms with Crippen molar-refractivity contribution in [2.75, 3.05) is 5.43 Å². The number of benzene rings is 5. The number of para-hydroxylation sites is 1. The van der Waals surface area contributed by atoms with Gasteiger partial charge in [0.25, 0.3) is 0 Å². The Balaban J connectivity index is 1.31. The molecule has 5 aromatic carbocycles. The summed E-state index contributed by atoms with van der Waals surface area (Å²) in [5.41, 5.74) is 12.7. The molecule has 0 fully saturated rings. The minimum atomic E-state index is -0.0689. The highest BCUT2D eigenvalue weighted by atomic mass is 32.1. The summed E-state index contributed by atoms with van der Waals surface area (Å²) in [5, 5.41) is 7.18. The smallest absolute Gasteiger partial charge is 0.136 e. The van der Waals surface area contributed by atoms with Crippen LogP contribution >= 0.6 is 11.3 Å². The molecule has 2 aliphatic rings. The largest absolute Gasteiger partial charge is 0.456 e. The summed E-state index contributed by atoms with van der Waals surface area (Å²) in [5.74, 6) is 0. The molecule has 4 heterocycles. The Bertz CT molecular complexity index is 2620. The van der Waals surface area contributed by atoms with Crippen molar-refractivity contribution in [1.82, 2.24) is 4.68 Å². The molecule has 8 aromatic rings. The average molecular weight is 570 g/mol. The molecule has 0 spiro atoms. The third kappa shape index (κ3) is 3.17. The highest BCUT2D eigenvalue weighted by molar-refractivity contribution is 7.25. The zero-order chi connectivity index (χ0) is 28.2. The summed E-state index contributed by atoms with van der Waals surface area (Å²) in [6.45, 7) is 4.45. The van der Waals surface area contributed by atoms with Crippen LogP contribution in [0.3, 0.4) is 0 Å². The predicted octanol–water partition coefficient (Wildman–Crippen LogP) is 10.2. The van der Waals surface area contributed by atoms with Gasteiger partial charge in [-0.1, -0.05) is 79.4 Å². The predicted molar refractivity (Wildman–Crippen MR) is 183 cm³/mol. The zero-order valence-electron chi connectivity index (χ0n) is 23.0. The van der Waals surface area contributed by atoms with Crippen LogP contribution in [0.2, 0.25) is 0 Å². The Morgan fingerprint density at radius 1 is 0.744 bits per heavy atom. The van der Waals surface area contributed by atoms with Gasteiger partial charge in [-0.15, -0.1) is 11.3 Å². The lowest BCUT2D eigenvalue weighted by Gasteiger charge is -2.24. The van der Waals surface area contributed by atoms with Gasteiger partial charge in [0.05, 0.1) is 22.4 Å². The first kappa shape index (κ1) is 23.2. The Hall–Kier alpha value is -5.39. The first-order valence-corrected chi connectivity index (χ1v) is 15.3. The van der Waals surface area contributed by atoms with Crippen molar-refractivity contribution in [3.05, 3.63) is 127 Å². The molecule has 3 aromatic heterocycles. The molecule has 5 heteroatoms. The lowest BCUT2D eigenvalue weighted by Crippen LogP contribution is -2.34. The number of hydrogen-bond acceptors (Lipinski definition) is 4. The van der Waals surface area contributed by atoms with Crippen LogP contribution < -0.4 is 5.43 Å². The van der Waals surface area contributed by atoms with Crippen LogP contribution in [0.5, 0.6) is 0 Å². The maximum Gasteiger partial charge on any atom is 0.136 e. The molecule has 4 nitrogen and oxygen atoms in total. The SMILES string of the molecule is C=C1/N=C2/C=CC=CC2Nn2c3ccc(-c4ccc5c(c4)sc4ccccc45)cc3c3c4c(cc1c32)oc1ccccc14. The summed E-state index contributed by atoms with van der Waals surface area (Å²) in [7, 11) is 0. The summed E-state index contributed by atoms with van der Waals surface area (Å²) < 4.78 is 11.3. The highest BCUT2D eigenvalue weighted by Gasteiger charge is 2.26. The Labute approximate surface area is 250 Å². The van der Waals surface area contributed by atoms with Gasteiger partial charge in [-0.2, -0.15) is 0 Å². The van der Waals surface area contributed by atoms with Crippen LogP contribution in [0.1, 0.15) is 5.56 Å². The maximum absolute atomic E-state index is 6.46. The van der Waals surface area contributed by atoms with Gasteiger partial charge in [0, 0.05) is 47.3 Å². The molecular weight excluding hydrogens is 547 g/mol. The third-order valence-corrected chi connectivity index (χ3v) is 10.1. The first-order chi connectivity index (χ1) is 21.2. The van der Waals surface area contributed by atoms with Crippen molar-refractivity contribution in [2.24, 2.45) is 4.99 Å². The molecule has 202 valence electrons. The fourth-order valence-electron chi connectivity index (χ4n) is 6.96. The molecule has 0 saturated heterocycles. The number of nitrogens with zero attached hydrogens (tertiary/aromatic N) is 2. The maximum atomic E-state index is 6.46. The molecule has 1 atom stereocenters. The number of hydrogen-bond donors (Lipinski definition) is 1. The number of rotatable bonds is 1. The number of fused-ring (bicyclic) bond motifs is 11. The normalized spacial score (nSPS) is 17.5.